The van der Waals surface area contributed by atoms with Crippen LogP contribution in [0.2, 0.25) is 0 Å². The second-order valence-corrected chi connectivity index (χ2v) is 4.30. The summed E-state index contributed by atoms with van der Waals surface area (Å²) < 4.78 is 19.1. The van der Waals surface area contributed by atoms with Crippen LogP contribution in [0.3, 0.4) is 0 Å². The third-order valence-corrected chi connectivity index (χ3v) is 3.01. The van der Waals surface area contributed by atoms with Crippen molar-refractivity contribution >= 4 is 5.91 Å². The lowest BCUT2D eigenvalue weighted by atomic mass is 10.1. The van der Waals surface area contributed by atoms with Gasteiger partial charge in [0.15, 0.2) is 12.4 Å². The number of rotatable bonds is 2. The highest BCUT2D eigenvalue weighted by Crippen LogP contribution is 2.29. The van der Waals surface area contributed by atoms with Crippen molar-refractivity contribution in [3.05, 3.63) is 24.2 Å². The van der Waals surface area contributed by atoms with E-state index in [9.17, 15) is 14.3 Å². The molecular formula is C11H15FN2O4. The van der Waals surface area contributed by atoms with Crippen LogP contribution < -0.4 is 5.32 Å². The quantitative estimate of drug-likeness (QED) is 0.604. The second-order valence-electron chi connectivity index (χ2n) is 4.30. The Balaban J connectivity index is 2.22. The van der Waals surface area contributed by atoms with E-state index in [4.69, 9.17) is 9.84 Å². The van der Waals surface area contributed by atoms with Gasteiger partial charge in [-0.15, -0.1) is 0 Å². The SMILES string of the molecule is C=C1NC(=O)C(C)=CN1C1OC(CO)[C@@H](O)C1F. The van der Waals surface area contributed by atoms with Gasteiger partial charge < -0.3 is 25.2 Å². The Kier molecular flexibility index (Phi) is 3.38. The van der Waals surface area contributed by atoms with Gasteiger partial charge in [-0.05, 0) is 6.92 Å². The van der Waals surface area contributed by atoms with Gasteiger partial charge in [0.1, 0.15) is 18.0 Å². The number of hydrogen-bond acceptors (Lipinski definition) is 5. The average molecular weight is 258 g/mol. The van der Waals surface area contributed by atoms with Crippen molar-refractivity contribution in [3.8, 4) is 0 Å². The molecule has 2 rings (SSSR count). The highest BCUT2D eigenvalue weighted by atomic mass is 19.1. The molecular weight excluding hydrogens is 243 g/mol. The number of nitrogens with one attached hydrogen (secondary N) is 1. The van der Waals surface area contributed by atoms with Gasteiger partial charge in [-0.25, -0.2) is 4.39 Å². The molecule has 0 spiro atoms. The van der Waals surface area contributed by atoms with Crippen molar-refractivity contribution in [1.29, 1.82) is 0 Å². The standard InChI is InChI=1S/C11H15FN2O4/c1-5-3-14(6(2)13-10(5)17)11-8(12)9(16)7(4-15)18-11/h3,7-9,11,15-16H,2,4H2,1H3,(H,13,17)/t7?,8?,9-,11?/m1/s1. The molecule has 3 unspecified atom stereocenters. The fraction of sp³-hybridized carbons (Fsp3) is 0.545. The predicted molar refractivity (Wildman–Crippen MR) is 59.5 cm³/mol. The van der Waals surface area contributed by atoms with E-state index in [1.807, 2.05) is 0 Å². The van der Waals surface area contributed by atoms with E-state index >= 15 is 0 Å². The number of nitrogens with zero attached hydrogens (tertiary/aromatic N) is 1. The average Bonchev–Trinajstić information content (AvgIpc) is 2.61. The third kappa shape index (κ3) is 2.00. The maximum absolute atomic E-state index is 13.9. The smallest absolute Gasteiger partial charge is 0.253 e. The second kappa shape index (κ2) is 4.68. The van der Waals surface area contributed by atoms with E-state index in [0.29, 0.717) is 5.57 Å². The van der Waals surface area contributed by atoms with E-state index in [0.717, 1.165) is 0 Å². The van der Waals surface area contributed by atoms with Gasteiger partial charge in [0.25, 0.3) is 5.91 Å². The number of aliphatic hydroxyl groups excluding tert-OH is 2. The Hall–Kier alpha value is -1.44. The van der Waals surface area contributed by atoms with E-state index < -0.39 is 31.2 Å². The van der Waals surface area contributed by atoms with E-state index in [2.05, 4.69) is 11.9 Å². The molecule has 6 nitrogen and oxygen atoms in total. The fourth-order valence-corrected chi connectivity index (χ4v) is 1.94. The number of ether oxygens (including phenoxy) is 1. The number of carbonyl (C=O) groups is 1. The number of alkyl halides is 1. The van der Waals surface area contributed by atoms with Gasteiger partial charge in [0, 0.05) is 11.8 Å². The molecule has 1 fully saturated rings. The van der Waals surface area contributed by atoms with Gasteiger partial charge in [-0.2, -0.15) is 0 Å². The van der Waals surface area contributed by atoms with Gasteiger partial charge in [-0.1, -0.05) is 6.58 Å². The molecule has 0 aliphatic carbocycles. The topological polar surface area (TPSA) is 82.0 Å². The first-order chi connectivity index (χ1) is 8.45. The highest BCUT2D eigenvalue weighted by molar-refractivity contribution is 5.94. The first-order valence-electron chi connectivity index (χ1n) is 5.51. The maximum atomic E-state index is 13.9. The van der Waals surface area contributed by atoms with Gasteiger partial charge in [0.05, 0.1) is 6.61 Å². The minimum absolute atomic E-state index is 0.170. The zero-order chi connectivity index (χ0) is 13.4. The summed E-state index contributed by atoms with van der Waals surface area (Å²) in [4.78, 5) is 12.6. The molecule has 0 aromatic heterocycles. The Bertz CT molecular complexity index is 412. The van der Waals surface area contributed by atoms with Crippen molar-refractivity contribution in [2.75, 3.05) is 6.61 Å². The molecule has 0 saturated carbocycles. The summed E-state index contributed by atoms with van der Waals surface area (Å²) in [5, 5.41) is 20.9. The number of hydrogen-bond donors (Lipinski definition) is 3. The van der Waals surface area contributed by atoms with Crippen LogP contribution in [0.4, 0.5) is 4.39 Å². The van der Waals surface area contributed by atoms with E-state index in [-0.39, 0.29) is 11.7 Å². The number of aliphatic hydroxyl groups is 2. The molecule has 18 heavy (non-hydrogen) atoms. The lowest BCUT2D eigenvalue weighted by Gasteiger charge is -2.33. The molecule has 0 bridgehead atoms. The minimum atomic E-state index is -1.70. The van der Waals surface area contributed by atoms with Crippen LogP contribution >= 0.6 is 0 Å². The Morgan fingerprint density at radius 1 is 1.67 bits per heavy atom. The normalized spacial score (nSPS) is 36.7. The van der Waals surface area contributed by atoms with Crippen molar-refractivity contribution in [3.63, 3.8) is 0 Å². The zero-order valence-corrected chi connectivity index (χ0v) is 9.84. The molecule has 2 aliphatic rings. The summed E-state index contributed by atoms with van der Waals surface area (Å²) in [7, 11) is 0. The lowest BCUT2D eigenvalue weighted by Crippen LogP contribution is -2.46. The molecule has 0 aromatic carbocycles. The lowest BCUT2D eigenvalue weighted by molar-refractivity contribution is -0.119. The molecule has 1 saturated heterocycles. The molecule has 100 valence electrons. The Morgan fingerprint density at radius 3 is 2.89 bits per heavy atom. The first kappa shape index (κ1) is 13.0. The van der Waals surface area contributed by atoms with Crippen molar-refractivity contribution < 1.29 is 24.1 Å². The molecule has 2 aliphatic heterocycles. The summed E-state index contributed by atoms with van der Waals surface area (Å²) in [6, 6.07) is 0. The number of halogens is 1. The van der Waals surface area contributed by atoms with Crippen LogP contribution in [-0.2, 0) is 9.53 Å². The van der Waals surface area contributed by atoms with Crippen molar-refractivity contribution in [1.82, 2.24) is 10.2 Å². The Labute approximate surface area is 103 Å². The van der Waals surface area contributed by atoms with Crippen LogP contribution in [0.5, 0.6) is 0 Å². The van der Waals surface area contributed by atoms with Crippen LogP contribution in [0.15, 0.2) is 24.2 Å². The van der Waals surface area contributed by atoms with E-state index in [1.54, 1.807) is 6.92 Å². The van der Waals surface area contributed by atoms with E-state index in [1.165, 1.54) is 11.1 Å². The zero-order valence-electron chi connectivity index (χ0n) is 9.84. The number of amides is 1. The summed E-state index contributed by atoms with van der Waals surface area (Å²) in [6.07, 6.45) is -3.79. The minimum Gasteiger partial charge on any atom is -0.394 e. The van der Waals surface area contributed by atoms with Crippen molar-refractivity contribution in [2.45, 2.75) is 31.5 Å². The monoisotopic (exact) mass is 258 g/mol. The van der Waals surface area contributed by atoms with Crippen molar-refractivity contribution in [2.24, 2.45) is 0 Å². The molecule has 7 heteroatoms. The Morgan fingerprint density at radius 2 is 2.33 bits per heavy atom. The predicted octanol–water partition coefficient (Wildman–Crippen LogP) is -0.791. The maximum Gasteiger partial charge on any atom is 0.253 e. The van der Waals surface area contributed by atoms with Gasteiger partial charge >= 0.3 is 0 Å². The molecule has 0 radical (unpaired) electrons. The van der Waals surface area contributed by atoms with Gasteiger partial charge in [0.2, 0.25) is 0 Å². The van der Waals surface area contributed by atoms with Crippen LogP contribution in [0.25, 0.3) is 0 Å². The summed E-state index contributed by atoms with van der Waals surface area (Å²) in [5.74, 6) is -0.145. The fourth-order valence-electron chi connectivity index (χ4n) is 1.94. The van der Waals surface area contributed by atoms with Gasteiger partial charge in [-0.3, -0.25) is 4.79 Å². The highest BCUT2D eigenvalue weighted by Gasteiger charge is 2.47. The molecule has 1 amide bonds. The summed E-state index contributed by atoms with van der Waals surface area (Å²) in [6.45, 7) is 4.68. The first-order valence-corrected chi connectivity index (χ1v) is 5.51. The van der Waals surface area contributed by atoms with Crippen LogP contribution in [-0.4, -0.2) is 52.2 Å². The van der Waals surface area contributed by atoms with Crippen LogP contribution in [0.1, 0.15) is 6.92 Å². The largest absolute Gasteiger partial charge is 0.394 e. The molecule has 2 heterocycles. The third-order valence-electron chi connectivity index (χ3n) is 3.01. The number of carbonyl (C=O) groups excluding carboxylic acids is 1. The molecule has 4 atom stereocenters. The molecule has 0 aromatic rings. The summed E-state index contributed by atoms with van der Waals surface area (Å²) in [5.41, 5.74) is 0.375. The van der Waals surface area contributed by atoms with Crippen LogP contribution in [0, 0.1) is 0 Å². The summed E-state index contributed by atoms with van der Waals surface area (Å²) >= 11 is 0. The molecule has 3 N–H and O–H groups in total.